The maximum atomic E-state index is 12.8. The van der Waals surface area contributed by atoms with Crippen LogP contribution in [0.15, 0.2) is 53.5 Å². The highest BCUT2D eigenvalue weighted by Gasteiger charge is 2.27. The molecule has 1 saturated heterocycles. The number of nitrogens with one attached hydrogen (secondary N) is 1. The summed E-state index contributed by atoms with van der Waals surface area (Å²) < 4.78 is 7.46. The Morgan fingerprint density at radius 3 is 2.60 bits per heavy atom. The fraction of sp³-hybridized carbons (Fsp3) is 0.433. The second kappa shape index (κ2) is 10.5. The van der Waals surface area contributed by atoms with Crippen LogP contribution in [-0.4, -0.2) is 68.5 Å². The number of anilines is 2. The van der Waals surface area contributed by atoms with Crippen molar-refractivity contribution in [1.82, 2.24) is 29.9 Å². The summed E-state index contributed by atoms with van der Waals surface area (Å²) in [5, 5.41) is 11.7. The lowest BCUT2D eigenvalue weighted by Gasteiger charge is -2.36. The molecule has 0 bridgehead atoms. The molecule has 0 aromatic carbocycles. The SMILES string of the molecule is Cc1ncc(NC(=O)c2ccc(C(C)(C)C)o2)cc1-n1cc(-c2cncc(N3CCN(CC4CC4)CC3)c2)nn1. The Morgan fingerprint density at radius 2 is 1.88 bits per heavy atom. The quantitative estimate of drug-likeness (QED) is 0.359. The number of furan rings is 1. The Hall–Kier alpha value is -4.05. The zero-order valence-corrected chi connectivity index (χ0v) is 23.6. The monoisotopic (exact) mass is 540 g/mol. The minimum atomic E-state index is -0.331. The highest BCUT2D eigenvalue weighted by atomic mass is 16.4. The fourth-order valence-corrected chi connectivity index (χ4v) is 4.99. The first kappa shape index (κ1) is 26.2. The van der Waals surface area contributed by atoms with Gasteiger partial charge in [-0.05, 0) is 49.9 Å². The number of hydrogen-bond donors (Lipinski definition) is 1. The Balaban J connectivity index is 1.16. The first-order chi connectivity index (χ1) is 19.2. The summed E-state index contributed by atoms with van der Waals surface area (Å²) in [5.74, 6) is 1.60. The van der Waals surface area contributed by atoms with E-state index in [4.69, 9.17) is 4.42 Å². The van der Waals surface area contributed by atoms with Crippen LogP contribution in [0.3, 0.4) is 0 Å². The van der Waals surface area contributed by atoms with E-state index in [0.29, 0.717) is 5.69 Å². The summed E-state index contributed by atoms with van der Waals surface area (Å²) in [5.41, 5.74) is 4.59. The molecule has 40 heavy (non-hydrogen) atoms. The molecule has 1 saturated carbocycles. The molecular formula is C30H36N8O2. The molecule has 6 rings (SSSR count). The Morgan fingerprint density at radius 1 is 1.07 bits per heavy atom. The van der Waals surface area contributed by atoms with Gasteiger partial charge in [-0.15, -0.1) is 5.10 Å². The molecule has 2 aliphatic rings. The third kappa shape index (κ3) is 5.77. The van der Waals surface area contributed by atoms with Crippen LogP contribution in [0.25, 0.3) is 16.9 Å². The van der Waals surface area contributed by atoms with Crippen LogP contribution in [0.5, 0.6) is 0 Å². The Kier molecular flexibility index (Phi) is 6.87. The van der Waals surface area contributed by atoms with Crippen molar-refractivity contribution in [2.75, 3.05) is 42.9 Å². The van der Waals surface area contributed by atoms with Crippen LogP contribution in [0.4, 0.5) is 11.4 Å². The largest absolute Gasteiger partial charge is 0.455 e. The van der Waals surface area contributed by atoms with E-state index in [9.17, 15) is 4.79 Å². The number of amides is 1. The van der Waals surface area contributed by atoms with Crippen molar-refractivity contribution in [3.8, 4) is 16.9 Å². The van der Waals surface area contributed by atoms with Gasteiger partial charge in [0.05, 0.1) is 41.3 Å². The van der Waals surface area contributed by atoms with E-state index in [1.54, 1.807) is 16.9 Å². The minimum absolute atomic E-state index is 0.179. The van der Waals surface area contributed by atoms with Crippen LogP contribution >= 0.6 is 0 Å². The van der Waals surface area contributed by atoms with Crippen LogP contribution in [0.1, 0.15) is 55.6 Å². The summed E-state index contributed by atoms with van der Waals surface area (Å²) in [6, 6.07) is 7.50. The van der Waals surface area contributed by atoms with Gasteiger partial charge in [0.15, 0.2) is 5.76 Å². The van der Waals surface area contributed by atoms with Crippen LogP contribution in [0, 0.1) is 12.8 Å². The van der Waals surface area contributed by atoms with Crippen LogP contribution < -0.4 is 10.2 Å². The van der Waals surface area contributed by atoms with Crippen molar-refractivity contribution in [3.05, 3.63) is 66.3 Å². The van der Waals surface area contributed by atoms with Crippen molar-refractivity contribution in [2.45, 2.75) is 46.0 Å². The van der Waals surface area contributed by atoms with E-state index in [1.165, 1.54) is 19.4 Å². The molecule has 0 unspecified atom stereocenters. The normalized spacial score (nSPS) is 16.4. The van der Waals surface area contributed by atoms with Crippen molar-refractivity contribution in [3.63, 3.8) is 0 Å². The fourth-order valence-electron chi connectivity index (χ4n) is 4.99. The maximum Gasteiger partial charge on any atom is 0.291 e. The summed E-state index contributed by atoms with van der Waals surface area (Å²) in [4.78, 5) is 26.8. The third-order valence-corrected chi connectivity index (χ3v) is 7.60. The number of carbonyl (C=O) groups excluding carboxylic acids is 1. The summed E-state index contributed by atoms with van der Waals surface area (Å²) in [6.07, 6.45) is 10.0. The standard InChI is InChI=1S/C30H36N8O2/c1-20-26(14-23(16-32-20)33-29(39)27-7-8-28(40-27)30(2,3)4)38-19-25(34-35-38)22-13-24(17-31-15-22)37-11-9-36(10-12-37)18-21-5-6-21/h7-8,13-17,19,21H,5-6,9-12,18H2,1-4H3,(H,33,39). The first-order valence-electron chi connectivity index (χ1n) is 14.0. The topological polar surface area (TPSA) is 105 Å². The Labute approximate surface area is 234 Å². The van der Waals surface area contributed by atoms with E-state index in [0.717, 1.165) is 66.2 Å². The van der Waals surface area contributed by atoms with Gasteiger partial charge in [0, 0.05) is 49.9 Å². The molecule has 1 amide bonds. The average Bonchev–Trinajstić information content (AvgIpc) is 3.39. The van der Waals surface area contributed by atoms with Gasteiger partial charge in [0.1, 0.15) is 11.5 Å². The molecule has 1 aliphatic heterocycles. The number of hydrogen-bond acceptors (Lipinski definition) is 8. The molecule has 4 aromatic heterocycles. The lowest BCUT2D eigenvalue weighted by atomic mass is 9.94. The summed E-state index contributed by atoms with van der Waals surface area (Å²) in [6.45, 7) is 13.5. The number of nitrogens with zero attached hydrogens (tertiary/aromatic N) is 7. The summed E-state index contributed by atoms with van der Waals surface area (Å²) >= 11 is 0. The molecule has 10 heteroatoms. The predicted molar refractivity (Wildman–Crippen MR) is 154 cm³/mol. The predicted octanol–water partition coefficient (Wildman–Crippen LogP) is 4.71. The molecule has 5 heterocycles. The number of pyridine rings is 2. The molecule has 0 atom stereocenters. The molecule has 2 fully saturated rings. The van der Waals surface area contributed by atoms with E-state index in [2.05, 4.69) is 41.5 Å². The molecule has 1 N–H and O–H groups in total. The van der Waals surface area contributed by atoms with Gasteiger partial charge >= 0.3 is 0 Å². The van der Waals surface area contributed by atoms with E-state index in [-0.39, 0.29) is 17.1 Å². The van der Waals surface area contributed by atoms with Crippen LogP contribution in [0.2, 0.25) is 0 Å². The van der Waals surface area contributed by atoms with Gasteiger partial charge in [-0.2, -0.15) is 0 Å². The minimum Gasteiger partial charge on any atom is -0.455 e. The number of aryl methyl sites for hydroxylation is 1. The van der Waals surface area contributed by atoms with E-state index < -0.39 is 0 Å². The van der Waals surface area contributed by atoms with Gasteiger partial charge in [0.25, 0.3) is 5.91 Å². The molecule has 1 aliphatic carbocycles. The van der Waals surface area contributed by atoms with Gasteiger partial charge in [-0.25, -0.2) is 4.68 Å². The number of carbonyl (C=O) groups is 1. The lowest BCUT2D eigenvalue weighted by Crippen LogP contribution is -2.47. The molecule has 0 radical (unpaired) electrons. The summed E-state index contributed by atoms with van der Waals surface area (Å²) in [7, 11) is 0. The molecule has 208 valence electrons. The number of piperazine rings is 1. The third-order valence-electron chi connectivity index (χ3n) is 7.60. The Bertz CT molecular complexity index is 1510. The second-order valence-electron chi connectivity index (χ2n) is 11.9. The lowest BCUT2D eigenvalue weighted by molar-refractivity contribution is 0.0993. The smallest absolute Gasteiger partial charge is 0.291 e. The van der Waals surface area contributed by atoms with E-state index in [1.807, 2.05) is 58.4 Å². The number of rotatable bonds is 7. The van der Waals surface area contributed by atoms with Crippen LogP contribution in [-0.2, 0) is 5.41 Å². The van der Waals surface area contributed by atoms with E-state index >= 15 is 0 Å². The first-order valence-corrected chi connectivity index (χ1v) is 14.0. The van der Waals surface area contributed by atoms with Crippen molar-refractivity contribution in [1.29, 1.82) is 0 Å². The second-order valence-corrected chi connectivity index (χ2v) is 11.9. The zero-order chi connectivity index (χ0) is 27.9. The van der Waals surface area contributed by atoms with Gasteiger partial charge in [-0.3, -0.25) is 19.7 Å². The number of aromatic nitrogens is 5. The van der Waals surface area contributed by atoms with Crippen molar-refractivity contribution >= 4 is 17.3 Å². The highest BCUT2D eigenvalue weighted by Crippen LogP contribution is 2.31. The molecular weight excluding hydrogens is 504 g/mol. The molecule has 0 spiro atoms. The maximum absolute atomic E-state index is 12.8. The van der Waals surface area contributed by atoms with Gasteiger partial charge < -0.3 is 14.6 Å². The average molecular weight is 541 g/mol. The van der Waals surface area contributed by atoms with Gasteiger partial charge in [0.2, 0.25) is 0 Å². The van der Waals surface area contributed by atoms with Crippen molar-refractivity contribution in [2.24, 2.45) is 5.92 Å². The van der Waals surface area contributed by atoms with Crippen molar-refractivity contribution < 1.29 is 9.21 Å². The highest BCUT2D eigenvalue weighted by molar-refractivity contribution is 6.02. The molecule has 10 nitrogen and oxygen atoms in total. The van der Waals surface area contributed by atoms with Gasteiger partial charge in [-0.1, -0.05) is 26.0 Å². The molecule has 4 aromatic rings. The zero-order valence-electron chi connectivity index (χ0n) is 23.6.